The van der Waals surface area contributed by atoms with Gasteiger partial charge < -0.3 is 4.57 Å². The number of para-hydroxylation sites is 3. The van der Waals surface area contributed by atoms with Gasteiger partial charge in [-0.15, -0.1) is 0 Å². The van der Waals surface area contributed by atoms with Crippen LogP contribution in [0, 0.1) is 0 Å². The molecular weight excluding hydrogens is 771 g/mol. The fourth-order valence-corrected chi connectivity index (χ4v) is 9.56. The van der Waals surface area contributed by atoms with E-state index < -0.39 is 0 Å². The molecule has 13 aromatic rings. The molecule has 0 atom stereocenters. The summed E-state index contributed by atoms with van der Waals surface area (Å²) < 4.78 is 6.67. The molecule has 0 saturated carbocycles. The third kappa shape index (κ3) is 5.53. The minimum absolute atomic E-state index is 0.617. The van der Waals surface area contributed by atoms with E-state index >= 15 is 0 Å². The molecular formula is C56H35N7. The molecule has 6 heterocycles. The van der Waals surface area contributed by atoms with Crippen LogP contribution in [-0.4, -0.2) is 33.6 Å². The quantitative estimate of drug-likeness (QED) is 0.168. The van der Waals surface area contributed by atoms with Crippen LogP contribution in [0.1, 0.15) is 0 Å². The Labute approximate surface area is 361 Å². The van der Waals surface area contributed by atoms with Crippen LogP contribution in [-0.2, 0) is 0 Å². The van der Waals surface area contributed by atoms with Gasteiger partial charge in [0.2, 0.25) is 5.95 Å². The maximum absolute atomic E-state index is 5.33. The smallest absolute Gasteiger partial charge is 0.234 e. The van der Waals surface area contributed by atoms with Crippen LogP contribution < -0.4 is 0 Å². The van der Waals surface area contributed by atoms with Crippen molar-refractivity contribution in [2.45, 2.75) is 0 Å². The van der Waals surface area contributed by atoms with E-state index in [1.165, 1.54) is 10.8 Å². The van der Waals surface area contributed by atoms with E-state index in [9.17, 15) is 0 Å². The fraction of sp³-hybridized carbons (Fsp3) is 0. The standard InChI is InChI=1S/C56H35N7/c1-3-14-36(15-4-1)40-32-47(37-16-5-2-6-17-37)60-54(33-40)62-48-21-10-7-18-42(48)45-30-38(25-27-51(45)62)39-26-28-52-46(31-39)43-19-8-11-22-49(43)63(52)56-58-34-41(35-59-56)61-50-23-12-9-20-44(50)55-53(61)24-13-29-57-55/h1-35H. The number of benzene rings is 7. The first-order chi connectivity index (χ1) is 31.2. The van der Waals surface area contributed by atoms with Crippen molar-refractivity contribution >= 4 is 65.5 Å². The van der Waals surface area contributed by atoms with Gasteiger partial charge in [0.25, 0.3) is 0 Å². The van der Waals surface area contributed by atoms with Crippen LogP contribution in [0.2, 0.25) is 0 Å². The zero-order chi connectivity index (χ0) is 41.4. The average molecular weight is 806 g/mol. The highest BCUT2D eigenvalue weighted by Gasteiger charge is 2.19. The Hall–Kier alpha value is -8.68. The summed E-state index contributed by atoms with van der Waals surface area (Å²) >= 11 is 0. The lowest BCUT2D eigenvalue weighted by Gasteiger charge is -2.13. The lowest BCUT2D eigenvalue weighted by atomic mass is 10.0. The van der Waals surface area contributed by atoms with Gasteiger partial charge in [-0.05, 0) is 89.0 Å². The van der Waals surface area contributed by atoms with Crippen molar-refractivity contribution in [3.05, 3.63) is 213 Å². The van der Waals surface area contributed by atoms with E-state index in [0.717, 1.165) is 99.8 Å². The third-order valence-corrected chi connectivity index (χ3v) is 12.4. The number of pyridine rings is 2. The molecule has 0 radical (unpaired) electrons. The Morgan fingerprint density at radius 2 is 0.841 bits per heavy atom. The maximum Gasteiger partial charge on any atom is 0.234 e. The lowest BCUT2D eigenvalue weighted by molar-refractivity contribution is 0.967. The number of hydrogen-bond donors (Lipinski definition) is 0. The lowest BCUT2D eigenvalue weighted by Crippen LogP contribution is -2.03. The van der Waals surface area contributed by atoms with Gasteiger partial charge in [-0.25, -0.2) is 15.0 Å². The maximum atomic E-state index is 5.33. The Morgan fingerprint density at radius 1 is 0.317 bits per heavy atom. The first-order valence-electron chi connectivity index (χ1n) is 21.1. The highest BCUT2D eigenvalue weighted by Crippen LogP contribution is 2.39. The van der Waals surface area contributed by atoms with Gasteiger partial charge in [-0.3, -0.25) is 14.1 Å². The first kappa shape index (κ1) is 35.1. The molecule has 0 fully saturated rings. The van der Waals surface area contributed by atoms with Crippen LogP contribution in [0.25, 0.3) is 117 Å². The molecule has 294 valence electrons. The molecule has 0 N–H and O–H groups in total. The number of nitrogens with zero attached hydrogens (tertiary/aromatic N) is 7. The van der Waals surface area contributed by atoms with E-state index in [0.29, 0.717) is 5.95 Å². The Balaban J connectivity index is 0.934. The third-order valence-electron chi connectivity index (χ3n) is 12.4. The number of fused-ring (bicyclic) bond motifs is 9. The van der Waals surface area contributed by atoms with Crippen LogP contribution in [0.15, 0.2) is 213 Å². The van der Waals surface area contributed by atoms with Crippen LogP contribution >= 0.6 is 0 Å². The highest BCUT2D eigenvalue weighted by atomic mass is 15.2. The number of hydrogen-bond acceptors (Lipinski definition) is 4. The predicted molar refractivity (Wildman–Crippen MR) is 257 cm³/mol. The largest absolute Gasteiger partial charge is 0.305 e. The Kier molecular flexibility index (Phi) is 7.77. The first-order valence-corrected chi connectivity index (χ1v) is 21.1. The summed E-state index contributed by atoms with van der Waals surface area (Å²) in [7, 11) is 0. The summed E-state index contributed by atoms with van der Waals surface area (Å²) in [6, 6.07) is 68.5. The summed E-state index contributed by atoms with van der Waals surface area (Å²) in [4.78, 5) is 20.1. The van der Waals surface area contributed by atoms with Crippen molar-refractivity contribution in [3.63, 3.8) is 0 Å². The second kappa shape index (κ2) is 13.9. The molecule has 0 spiro atoms. The van der Waals surface area contributed by atoms with Crippen LogP contribution in [0.5, 0.6) is 0 Å². The van der Waals surface area contributed by atoms with Gasteiger partial charge in [0.05, 0.1) is 62.4 Å². The monoisotopic (exact) mass is 805 g/mol. The zero-order valence-electron chi connectivity index (χ0n) is 33.8. The van der Waals surface area contributed by atoms with Gasteiger partial charge in [0.15, 0.2) is 0 Å². The van der Waals surface area contributed by atoms with Crippen LogP contribution in [0.3, 0.4) is 0 Å². The second-order valence-corrected chi connectivity index (χ2v) is 16.0. The molecule has 0 unspecified atom stereocenters. The second-order valence-electron chi connectivity index (χ2n) is 16.0. The van der Waals surface area contributed by atoms with Crippen LogP contribution in [0.4, 0.5) is 0 Å². The fourth-order valence-electron chi connectivity index (χ4n) is 9.56. The van der Waals surface area contributed by atoms with Crippen molar-refractivity contribution < 1.29 is 0 Å². The van der Waals surface area contributed by atoms with E-state index in [4.69, 9.17) is 19.9 Å². The summed E-state index contributed by atoms with van der Waals surface area (Å²) in [5.74, 6) is 1.50. The average Bonchev–Trinajstić information content (AvgIpc) is 4.00. The van der Waals surface area contributed by atoms with Crippen molar-refractivity contribution in [1.82, 2.24) is 33.6 Å². The van der Waals surface area contributed by atoms with E-state index in [-0.39, 0.29) is 0 Å². The molecule has 0 aliphatic heterocycles. The highest BCUT2D eigenvalue weighted by molar-refractivity contribution is 6.13. The molecule has 0 aliphatic rings. The summed E-state index contributed by atoms with van der Waals surface area (Å²) in [5.41, 5.74) is 14.8. The summed E-state index contributed by atoms with van der Waals surface area (Å²) in [5, 5.41) is 5.74. The molecule has 0 aliphatic carbocycles. The predicted octanol–water partition coefficient (Wildman–Crippen LogP) is 13.6. The van der Waals surface area contributed by atoms with Gasteiger partial charge >= 0.3 is 0 Å². The van der Waals surface area contributed by atoms with E-state index in [1.807, 2.05) is 30.7 Å². The van der Waals surface area contributed by atoms with Crippen molar-refractivity contribution in [1.29, 1.82) is 0 Å². The minimum atomic E-state index is 0.617. The number of aromatic nitrogens is 7. The van der Waals surface area contributed by atoms with Crippen molar-refractivity contribution in [3.8, 4) is 51.0 Å². The Morgan fingerprint density at radius 3 is 1.51 bits per heavy atom. The summed E-state index contributed by atoms with van der Waals surface area (Å²) in [6.07, 6.45) is 5.67. The SMILES string of the molecule is c1ccc(-c2cc(-c3ccccc3)nc(-n3c4ccccc4c4cc(-c5ccc6c(c5)c5ccccc5n6-c5ncc(-n6c7ccccc7c7ncccc76)cn5)ccc43)c2)cc1. The van der Waals surface area contributed by atoms with Gasteiger partial charge in [-0.1, -0.05) is 127 Å². The molecule has 13 rings (SSSR count). The molecule has 7 nitrogen and oxygen atoms in total. The normalized spacial score (nSPS) is 11.8. The van der Waals surface area contributed by atoms with E-state index in [1.54, 1.807) is 0 Å². The minimum Gasteiger partial charge on any atom is -0.305 e. The summed E-state index contributed by atoms with van der Waals surface area (Å²) in [6.45, 7) is 0. The van der Waals surface area contributed by atoms with Gasteiger partial charge in [0, 0.05) is 38.7 Å². The van der Waals surface area contributed by atoms with Gasteiger partial charge in [0.1, 0.15) is 5.82 Å². The topological polar surface area (TPSA) is 66.3 Å². The number of rotatable bonds is 6. The van der Waals surface area contributed by atoms with E-state index in [2.05, 4.69) is 196 Å². The molecule has 0 saturated heterocycles. The van der Waals surface area contributed by atoms with Crippen molar-refractivity contribution in [2.75, 3.05) is 0 Å². The van der Waals surface area contributed by atoms with Crippen molar-refractivity contribution in [2.24, 2.45) is 0 Å². The molecule has 0 bridgehead atoms. The molecule has 7 aromatic carbocycles. The zero-order valence-corrected chi connectivity index (χ0v) is 33.8. The molecule has 6 aromatic heterocycles. The Bertz CT molecular complexity index is 3790. The molecule has 63 heavy (non-hydrogen) atoms. The molecule has 7 heteroatoms. The van der Waals surface area contributed by atoms with Gasteiger partial charge in [-0.2, -0.15) is 0 Å². The molecule has 0 amide bonds.